The molecule has 1 saturated carbocycles. The number of Topliss-reactive ketones (excluding diaryl/α,β-unsaturated/α-hetero) is 1. The number of carbonyl (C=O) groups is 2. The summed E-state index contributed by atoms with van der Waals surface area (Å²) in [7, 11) is 0. The molecule has 0 radical (unpaired) electrons. The second-order valence-corrected chi connectivity index (χ2v) is 4.37. The van der Waals surface area contributed by atoms with Crippen molar-refractivity contribution in [3.63, 3.8) is 0 Å². The smallest absolute Gasteiger partial charge is 0.309 e. The van der Waals surface area contributed by atoms with Crippen molar-refractivity contribution < 1.29 is 23.8 Å². The van der Waals surface area contributed by atoms with Gasteiger partial charge >= 0.3 is 5.97 Å². The van der Waals surface area contributed by atoms with Crippen LogP contribution >= 0.6 is 0 Å². The Morgan fingerprint density at radius 2 is 2.00 bits per heavy atom. The number of esters is 1. The fraction of sp³-hybridized carbons (Fsp3) is 0.385. The molecule has 2 aliphatic rings. The van der Waals surface area contributed by atoms with Crippen LogP contribution in [0, 0.1) is 5.92 Å². The summed E-state index contributed by atoms with van der Waals surface area (Å²) in [5, 5.41) is 0. The Morgan fingerprint density at radius 1 is 1.22 bits per heavy atom. The summed E-state index contributed by atoms with van der Waals surface area (Å²) in [6.45, 7) is -0.0430. The van der Waals surface area contributed by atoms with Crippen molar-refractivity contribution in [3.05, 3.63) is 23.8 Å². The van der Waals surface area contributed by atoms with E-state index in [1.807, 2.05) is 0 Å². The molecule has 0 amide bonds. The van der Waals surface area contributed by atoms with Gasteiger partial charge in [-0.05, 0) is 31.0 Å². The number of fused-ring (bicyclic) bond motifs is 1. The number of carbonyl (C=O) groups excluding carboxylic acids is 2. The number of rotatable bonds is 4. The molecule has 3 rings (SSSR count). The van der Waals surface area contributed by atoms with E-state index in [1.165, 1.54) is 0 Å². The van der Waals surface area contributed by atoms with E-state index < -0.39 is 0 Å². The molecular weight excluding hydrogens is 236 g/mol. The lowest BCUT2D eigenvalue weighted by Crippen LogP contribution is -2.15. The highest BCUT2D eigenvalue weighted by atomic mass is 16.7. The molecule has 5 nitrogen and oxygen atoms in total. The highest BCUT2D eigenvalue weighted by Gasteiger charge is 2.31. The minimum atomic E-state index is -0.274. The van der Waals surface area contributed by atoms with E-state index in [1.54, 1.807) is 18.2 Å². The highest BCUT2D eigenvalue weighted by Crippen LogP contribution is 2.33. The van der Waals surface area contributed by atoms with Gasteiger partial charge in [0.2, 0.25) is 6.79 Å². The maximum absolute atomic E-state index is 11.8. The molecule has 0 unspecified atom stereocenters. The molecule has 1 aliphatic carbocycles. The third-order valence-corrected chi connectivity index (χ3v) is 2.95. The molecule has 94 valence electrons. The first-order valence-electron chi connectivity index (χ1n) is 5.83. The van der Waals surface area contributed by atoms with E-state index in [-0.39, 0.29) is 31.1 Å². The average Bonchev–Trinajstić information content (AvgIpc) is 3.13. The van der Waals surface area contributed by atoms with Gasteiger partial charge < -0.3 is 14.2 Å². The van der Waals surface area contributed by atoms with Crippen LogP contribution in [0.25, 0.3) is 0 Å². The van der Waals surface area contributed by atoms with Crippen LogP contribution in [0.5, 0.6) is 11.5 Å². The van der Waals surface area contributed by atoms with Gasteiger partial charge in [0, 0.05) is 5.56 Å². The maximum Gasteiger partial charge on any atom is 0.309 e. The average molecular weight is 248 g/mol. The molecule has 1 aliphatic heterocycles. The van der Waals surface area contributed by atoms with Crippen LogP contribution < -0.4 is 9.47 Å². The number of ketones is 1. The summed E-state index contributed by atoms with van der Waals surface area (Å²) >= 11 is 0. The Kier molecular flexibility index (Phi) is 2.66. The zero-order valence-electron chi connectivity index (χ0n) is 9.68. The molecule has 0 aromatic heterocycles. The SMILES string of the molecule is O=C(COC(=O)C1CC1)c1ccc2c(c1)OCO2. The zero-order valence-corrected chi connectivity index (χ0v) is 9.68. The van der Waals surface area contributed by atoms with Gasteiger partial charge in [-0.2, -0.15) is 0 Å². The molecule has 0 saturated heterocycles. The number of hydrogen-bond acceptors (Lipinski definition) is 5. The van der Waals surface area contributed by atoms with Crippen LogP contribution in [0.4, 0.5) is 0 Å². The van der Waals surface area contributed by atoms with Crippen molar-refractivity contribution in [1.82, 2.24) is 0 Å². The first-order valence-corrected chi connectivity index (χ1v) is 5.83. The van der Waals surface area contributed by atoms with E-state index in [2.05, 4.69) is 0 Å². The Morgan fingerprint density at radius 3 is 2.78 bits per heavy atom. The summed E-state index contributed by atoms with van der Waals surface area (Å²) in [4.78, 5) is 23.1. The first kappa shape index (κ1) is 11.1. The molecule has 18 heavy (non-hydrogen) atoms. The molecule has 1 aromatic rings. The molecule has 1 aromatic carbocycles. The van der Waals surface area contributed by atoms with Gasteiger partial charge in [-0.25, -0.2) is 0 Å². The van der Waals surface area contributed by atoms with Gasteiger partial charge in [0.25, 0.3) is 0 Å². The summed E-state index contributed by atoms with van der Waals surface area (Å²) in [6, 6.07) is 4.93. The Labute approximate surface area is 104 Å². The van der Waals surface area contributed by atoms with Crippen molar-refractivity contribution in [2.24, 2.45) is 5.92 Å². The standard InChI is InChI=1S/C13H12O5/c14-10(6-16-13(15)8-1-2-8)9-3-4-11-12(5-9)18-7-17-11/h3-5,8H,1-2,6-7H2. The molecular formula is C13H12O5. The Balaban J connectivity index is 1.63. The molecule has 0 atom stereocenters. The third kappa shape index (κ3) is 2.16. The summed E-state index contributed by atoms with van der Waals surface area (Å²) in [5.41, 5.74) is 0.461. The molecule has 0 bridgehead atoms. The summed E-state index contributed by atoms with van der Waals surface area (Å²) in [5.74, 6) is 0.678. The second kappa shape index (κ2) is 4.33. The number of ether oxygens (including phenoxy) is 3. The van der Waals surface area contributed by atoms with Gasteiger partial charge in [-0.3, -0.25) is 9.59 Å². The number of hydrogen-bond donors (Lipinski definition) is 0. The minimum absolute atomic E-state index is 0.00885. The van der Waals surface area contributed by atoms with E-state index in [4.69, 9.17) is 14.2 Å². The predicted molar refractivity (Wildman–Crippen MR) is 60.6 cm³/mol. The van der Waals surface area contributed by atoms with Gasteiger partial charge in [0.05, 0.1) is 5.92 Å². The van der Waals surface area contributed by atoms with Crippen molar-refractivity contribution >= 4 is 11.8 Å². The lowest BCUT2D eigenvalue weighted by Gasteiger charge is -2.04. The predicted octanol–water partition coefficient (Wildman–Crippen LogP) is 1.55. The van der Waals surface area contributed by atoms with E-state index >= 15 is 0 Å². The van der Waals surface area contributed by atoms with Crippen LogP contribution in [-0.2, 0) is 9.53 Å². The molecule has 1 fully saturated rings. The van der Waals surface area contributed by atoms with Crippen molar-refractivity contribution in [2.45, 2.75) is 12.8 Å². The Bertz CT molecular complexity index is 504. The number of benzene rings is 1. The van der Waals surface area contributed by atoms with Crippen molar-refractivity contribution in [3.8, 4) is 11.5 Å². The van der Waals surface area contributed by atoms with Crippen molar-refractivity contribution in [1.29, 1.82) is 0 Å². The molecule has 1 heterocycles. The fourth-order valence-corrected chi connectivity index (χ4v) is 1.73. The van der Waals surface area contributed by atoms with Crippen molar-refractivity contribution in [2.75, 3.05) is 13.4 Å². The minimum Gasteiger partial charge on any atom is -0.457 e. The van der Waals surface area contributed by atoms with Crippen LogP contribution in [-0.4, -0.2) is 25.2 Å². The van der Waals surface area contributed by atoms with Crippen LogP contribution in [0.15, 0.2) is 18.2 Å². The summed E-state index contributed by atoms with van der Waals surface area (Å²) < 4.78 is 15.3. The van der Waals surface area contributed by atoms with Gasteiger partial charge in [-0.1, -0.05) is 0 Å². The van der Waals surface area contributed by atoms with Crippen LogP contribution in [0.1, 0.15) is 23.2 Å². The molecule has 0 N–H and O–H groups in total. The second-order valence-electron chi connectivity index (χ2n) is 4.37. The Hall–Kier alpha value is -2.04. The molecule has 5 heteroatoms. The lowest BCUT2D eigenvalue weighted by atomic mass is 10.1. The fourth-order valence-electron chi connectivity index (χ4n) is 1.73. The van der Waals surface area contributed by atoms with E-state index in [0.29, 0.717) is 17.1 Å². The lowest BCUT2D eigenvalue weighted by molar-refractivity contribution is -0.144. The highest BCUT2D eigenvalue weighted by molar-refractivity contribution is 5.98. The van der Waals surface area contributed by atoms with Crippen LogP contribution in [0.2, 0.25) is 0 Å². The summed E-state index contributed by atoms with van der Waals surface area (Å²) in [6.07, 6.45) is 1.74. The molecule has 0 spiro atoms. The normalized spacial score (nSPS) is 16.4. The van der Waals surface area contributed by atoms with E-state index in [9.17, 15) is 9.59 Å². The third-order valence-electron chi connectivity index (χ3n) is 2.95. The topological polar surface area (TPSA) is 61.8 Å². The largest absolute Gasteiger partial charge is 0.457 e. The monoisotopic (exact) mass is 248 g/mol. The maximum atomic E-state index is 11.8. The first-order chi connectivity index (χ1) is 8.74. The van der Waals surface area contributed by atoms with Gasteiger partial charge in [-0.15, -0.1) is 0 Å². The van der Waals surface area contributed by atoms with Gasteiger partial charge in [0.15, 0.2) is 23.9 Å². The van der Waals surface area contributed by atoms with E-state index in [0.717, 1.165) is 12.8 Å². The quantitative estimate of drug-likeness (QED) is 0.597. The van der Waals surface area contributed by atoms with Crippen LogP contribution in [0.3, 0.4) is 0 Å². The van der Waals surface area contributed by atoms with Gasteiger partial charge in [0.1, 0.15) is 0 Å². The zero-order chi connectivity index (χ0) is 12.5.